The third kappa shape index (κ3) is 2.77. The molecule has 1 aromatic heterocycles. The van der Waals surface area contributed by atoms with E-state index in [0.29, 0.717) is 10.9 Å². The molecule has 7 nitrogen and oxygen atoms in total. The molecule has 0 fully saturated rings. The van der Waals surface area contributed by atoms with Gasteiger partial charge >= 0.3 is 11.9 Å². The van der Waals surface area contributed by atoms with Crippen LogP contribution in [0.15, 0.2) is 30.5 Å². The Morgan fingerprint density at radius 3 is 2.60 bits per heavy atom. The van der Waals surface area contributed by atoms with Crippen molar-refractivity contribution in [1.29, 1.82) is 0 Å². The van der Waals surface area contributed by atoms with Gasteiger partial charge in [-0.25, -0.2) is 4.79 Å². The van der Waals surface area contributed by atoms with E-state index >= 15 is 0 Å². The Bertz CT molecular complexity index is 676. The predicted octanol–water partition coefficient (Wildman–Crippen LogP) is 0.826. The number of H-pyrrole nitrogens is 1. The van der Waals surface area contributed by atoms with Crippen LogP contribution < -0.4 is 5.32 Å². The summed E-state index contributed by atoms with van der Waals surface area (Å²) < 4.78 is 0. The normalized spacial score (nSPS) is 12.0. The Morgan fingerprint density at radius 1 is 1.20 bits per heavy atom. The third-order valence-electron chi connectivity index (χ3n) is 2.82. The molecule has 0 radical (unpaired) electrons. The van der Waals surface area contributed by atoms with E-state index < -0.39 is 30.3 Å². The van der Waals surface area contributed by atoms with E-state index in [1.165, 1.54) is 0 Å². The summed E-state index contributed by atoms with van der Waals surface area (Å²) in [5.41, 5.74) is 1.03. The predicted molar refractivity (Wildman–Crippen MR) is 69.4 cm³/mol. The maximum atomic E-state index is 12.1. The highest BCUT2D eigenvalue weighted by Crippen LogP contribution is 2.17. The number of hydrogen-bond donors (Lipinski definition) is 4. The zero-order valence-electron chi connectivity index (χ0n) is 10.3. The lowest BCUT2D eigenvalue weighted by atomic mass is 10.1. The number of carbonyl (C=O) groups is 3. The number of benzene rings is 1. The Hall–Kier alpha value is -2.83. The fraction of sp³-hybridized carbons (Fsp3) is 0.154. The van der Waals surface area contributed by atoms with Gasteiger partial charge in [0.1, 0.15) is 6.04 Å². The number of rotatable bonds is 5. The standard InChI is InChI=1S/C13H12N2O5/c16-11(17)6-10(13(19)20)15-12(18)8-2-1-3-9-7(8)4-5-14-9/h1-5,10,14H,6H2,(H,15,18)(H,16,17)(H,19,20)/t10-/m0/s1. The molecule has 1 aromatic carbocycles. The molecule has 0 aliphatic carbocycles. The molecule has 1 amide bonds. The van der Waals surface area contributed by atoms with Gasteiger partial charge in [0.15, 0.2) is 0 Å². The van der Waals surface area contributed by atoms with Crippen molar-refractivity contribution >= 4 is 28.7 Å². The van der Waals surface area contributed by atoms with Crippen LogP contribution in [-0.4, -0.2) is 39.1 Å². The van der Waals surface area contributed by atoms with Gasteiger partial charge in [-0.05, 0) is 18.2 Å². The van der Waals surface area contributed by atoms with Crippen LogP contribution in [0.2, 0.25) is 0 Å². The van der Waals surface area contributed by atoms with Gasteiger partial charge in [-0.3, -0.25) is 9.59 Å². The van der Waals surface area contributed by atoms with Crippen molar-refractivity contribution in [1.82, 2.24) is 10.3 Å². The number of carbonyl (C=O) groups excluding carboxylic acids is 1. The van der Waals surface area contributed by atoms with Crippen LogP contribution in [0.3, 0.4) is 0 Å². The summed E-state index contributed by atoms with van der Waals surface area (Å²) in [4.78, 5) is 36.5. The third-order valence-corrected chi connectivity index (χ3v) is 2.82. The van der Waals surface area contributed by atoms with Crippen LogP contribution >= 0.6 is 0 Å². The lowest BCUT2D eigenvalue weighted by Crippen LogP contribution is -2.42. The molecule has 0 aliphatic heterocycles. The Kier molecular flexibility index (Phi) is 3.69. The Balaban J connectivity index is 2.24. The molecule has 20 heavy (non-hydrogen) atoms. The van der Waals surface area contributed by atoms with Gasteiger partial charge in [0.25, 0.3) is 5.91 Å². The molecule has 1 heterocycles. The number of hydrogen-bond acceptors (Lipinski definition) is 3. The lowest BCUT2D eigenvalue weighted by Gasteiger charge is -2.12. The minimum atomic E-state index is -1.46. The molecule has 0 spiro atoms. The number of amides is 1. The quantitative estimate of drug-likeness (QED) is 0.644. The fourth-order valence-corrected chi connectivity index (χ4v) is 1.89. The molecule has 104 valence electrons. The van der Waals surface area contributed by atoms with E-state index in [9.17, 15) is 14.4 Å². The number of carboxylic acid groups (broad SMARTS) is 2. The largest absolute Gasteiger partial charge is 0.481 e. The molecule has 0 saturated heterocycles. The van der Waals surface area contributed by atoms with Crippen molar-refractivity contribution in [2.24, 2.45) is 0 Å². The van der Waals surface area contributed by atoms with Crippen molar-refractivity contribution in [2.45, 2.75) is 12.5 Å². The first-order chi connectivity index (χ1) is 9.49. The van der Waals surface area contributed by atoms with Gasteiger partial charge in [-0.15, -0.1) is 0 Å². The van der Waals surface area contributed by atoms with E-state index in [-0.39, 0.29) is 0 Å². The molecule has 7 heteroatoms. The van der Waals surface area contributed by atoms with Crippen molar-refractivity contribution in [3.8, 4) is 0 Å². The van der Waals surface area contributed by atoms with Crippen molar-refractivity contribution in [2.75, 3.05) is 0 Å². The molecule has 0 aliphatic rings. The average molecular weight is 276 g/mol. The highest BCUT2D eigenvalue weighted by atomic mass is 16.4. The van der Waals surface area contributed by atoms with Gasteiger partial charge in [-0.2, -0.15) is 0 Å². The van der Waals surface area contributed by atoms with Crippen molar-refractivity contribution < 1.29 is 24.6 Å². The van der Waals surface area contributed by atoms with Crippen LogP contribution in [0.4, 0.5) is 0 Å². The lowest BCUT2D eigenvalue weighted by molar-refractivity contribution is -0.145. The summed E-state index contributed by atoms with van der Waals surface area (Å²) in [5, 5.41) is 20.4. The molecule has 0 unspecified atom stereocenters. The van der Waals surface area contributed by atoms with Crippen LogP contribution in [0, 0.1) is 0 Å². The van der Waals surface area contributed by atoms with Gasteiger partial charge in [-0.1, -0.05) is 6.07 Å². The molecule has 1 atom stereocenters. The molecule has 0 saturated carbocycles. The van der Waals surface area contributed by atoms with Gasteiger partial charge < -0.3 is 20.5 Å². The number of aromatic amines is 1. The first-order valence-electron chi connectivity index (χ1n) is 5.80. The molecular weight excluding hydrogens is 264 g/mol. The Labute approximate surface area is 113 Å². The molecule has 2 aromatic rings. The fourth-order valence-electron chi connectivity index (χ4n) is 1.89. The maximum absolute atomic E-state index is 12.1. The highest BCUT2D eigenvalue weighted by Gasteiger charge is 2.24. The van der Waals surface area contributed by atoms with Crippen molar-refractivity contribution in [3.05, 3.63) is 36.0 Å². The first kappa shape index (κ1) is 13.6. The Morgan fingerprint density at radius 2 is 1.95 bits per heavy atom. The summed E-state index contributed by atoms with van der Waals surface area (Å²) >= 11 is 0. The summed E-state index contributed by atoms with van der Waals surface area (Å²) in [5.74, 6) is -3.30. The molecule has 4 N–H and O–H groups in total. The van der Waals surface area contributed by atoms with Crippen LogP contribution in [-0.2, 0) is 9.59 Å². The topological polar surface area (TPSA) is 119 Å². The second-order valence-corrected chi connectivity index (χ2v) is 4.21. The second kappa shape index (κ2) is 5.43. The number of aliphatic carboxylic acids is 2. The molecule has 2 rings (SSSR count). The van der Waals surface area contributed by atoms with E-state index in [4.69, 9.17) is 10.2 Å². The number of nitrogens with one attached hydrogen (secondary N) is 2. The minimum Gasteiger partial charge on any atom is -0.481 e. The zero-order valence-corrected chi connectivity index (χ0v) is 10.3. The van der Waals surface area contributed by atoms with E-state index in [0.717, 1.165) is 5.52 Å². The SMILES string of the molecule is O=C(O)C[C@H](NC(=O)c1cccc2[nH]ccc12)C(=O)O. The number of fused-ring (bicyclic) bond motifs is 1. The van der Waals surface area contributed by atoms with E-state index in [1.54, 1.807) is 30.5 Å². The molecule has 0 bridgehead atoms. The van der Waals surface area contributed by atoms with Crippen LogP contribution in [0.1, 0.15) is 16.8 Å². The summed E-state index contributed by atoms with van der Waals surface area (Å²) in [7, 11) is 0. The average Bonchev–Trinajstić information content (AvgIpc) is 2.84. The van der Waals surface area contributed by atoms with Crippen molar-refractivity contribution in [3.63, 3.8) is 0 Å². The summed E-state index contributed by atoms with van der Waals surface area (Å²) in [6.07, 6.45) is 0.984. The summed E-state index contributed by atoms with van der Waals surface area (Å²) in [6, 6.07) is 5.20. The number of aromatic nitrogens is 1. The summed E-state index contributed by atoms with van der Waals surface area (Å²) in [6.45, 7) is 0. The van der Waals surface area contributed by atoms with Gasteiger partial charge in [0.05, 0.1) is 6.42 Å². The highest BCUT2D eigenvalue weighted by molar-refractivity contribution is 6.07. The zero-order chi connectivity index (χ0) is 14.7. The maximum Gasteiger partial charge on any atom is 0.326 e. The van der Waals surface area contributed by atoms with E-state index in [2.05, 4.69) is 10.3 Å². The second-order valence-electron chi connectivity index (χ2n) is 4.21. The van der Waals surface area contributed by atoms with Crippen LogP contribution in [0.25, 0.3) is 10.9 Å². The molecular formula is C13H12N2O5. The van der Waals surface area contributed by atoms with Gasteiger partial charge in [0, 0.05) is 22.7 Å². The van der Waals surface area contributed by atoms with Crippen LogP contribution in [0.5, 0.6) is 0 Å². The first-order valence-corrected chi connectivity index (χ1v) is 5.80. The minimum absolute atomic E-state index is 0.292. The number of carboxylic acids is 2. The van der Waals surface area contributed by atoms with Gasteiger partial charge in [0.2, 0.25) is 0 Å². The van der Waals surface area contributed by atoms with E-state index in [1.807, 2.05) is 0 Å². The monoisotopic (exact) mass is 276 g/mol. The smallest absolute Gasteiger partial charge is 0.326 e.